The van der Waals surface area contributed by atoms with E-state index in [1.807, 2.05) is 13.8 Å². The van der Waals surface area contributed by atoms with Gasteiger partial charge in [0.15, 0.2) is 0 Å². The number of carbonyl (C=O) groups is 1. The van der Waals surface area contributed by atoms with Gasteiger partial charge in [0, 0.05) is 18.0 Å². The molecule has 2 unspecified atom stereocenters. The van der Waals surface area contributed by atoms with Crippen molar-refractivity contribution in [2.24, 2.45) is 5.92 Å². The van der Waals surface area contributed by atoms with Crippen molar-refractivity contribution in [3.8, 4) is 0 Å². The molecule has 1 fully saturated rings. The highest BCUT2D eigenvalue weighted by atomic mass is 19.4. The Labute approximate surface area is 146 Å². The third-order valence-electron chi connectivity index (χ3n) is 4.73. The average Bonchev–Trinajstić information content (AvgIpc) is 3.02. The first-order valence-corrected chi connectivity index (χ1v) is 8.47. The predicted molar refractivity (Wildman–Crippen MR) is 90.8 cm³/mol. The molecule has 1 amide bonds. The van der Waals surface area contributed by atoms with Gasteiger partial charge in [0.05, 0.1) is 5.56 Å². The smallest absolute Gasteiger partial charge is 0.354 e. The van der Waals surface area contributed by atoms with Crippen LogP contribution < -0.4 is 16.2 Å². The average molecular weight is 357 g/mol. The van der Waals surface area contributed by atoms with Crippen molar-refractivity contribution in [1.82, 2.24) is 16.2 Å². The van der Waals surface area contributed by atoms with Gasteiger partial charge >= 0.3 is 6.18 Å². The molecule has 0 aromatic heterocycles. The molecule has 0 bridgehead atoms. The molecule has 0 spiro atoms. The Hall–Kier alpha value is -1.60. The molecule has 1 aromatic carbocycles. The van der Waals surface area contributed by atoms with E-state index in [9.17, 15) is 18.0 Å². The number of hydrogen-bond donors (Lipinski definition) is 3. The SMILES string of the molecule is CC(C)C1CC(C(=O)NCC(C)(C)c2cccc(C(F)(F)F)c2)NN1. The molecular formula is C18H26F3N3O. The topological polar surface area (TPSA) is 53.2 Å². The van der Waals surface area contributed by atoms with Crippen LogP contribution in [0.5, 0.6) is 0 Å². The lowest BCUT2D eigenvalue weighted by Crippen LogP contribution is -2.46. The number of halogens is 3. The second-order valence-corrected chi connectivity index (χ2v) is 7.61. The fourth-order valence-electron chi connectivity index (χ4n) is 2.84. The van der Waals surface area contributed by atoms with E-state index in [0.29, 0.717) is 17.9 Å². The normalized spacial score (nSPS) is 21.6. The summed E-state index contributed by atoms with van der Waals surface area (Å²) in [6.45, 7) is 8.06. The molecule has 1 aliphatic rings. The largest absolute Gasteiger partial charge is 0.416 e. The molecule has 140 valence electrons. The van der Waals surface area contributed by atoms with Gasteiger partial charge in [0.2, 0.25) is 5.91 Å². The van der Waals surface area contributed by atoms with Crippen molar-refractivity contribution in [2.75, 3.05) is 6.54 Å². The van der Waals surface area contributed by atoms with Gasteiger partial charge < -0.3 is 5.32 Å². The van der Waals surface area contributed by atoms with Crippen molar-refractivity contribution in [2.45, 2.75) is 57.8 Å². The molecule has 2 atom stereocenters. The number of hydrazine groups is 1. The Morgan fingerprint density at radius 1 is 1.24 bits per heavy atom. The molecular weight excluding hydrogens is 331 g/mol. The summed E-state index contributed by atoms with van der Waals surface area (Å²) in [4.78, 5) is 12.3. The van der Waals surface area contributed by atoms with Gasteiger partial charge in [0.1, 0.15) is 6.04 Å². The maximum absolute atomic E-state index is 12.9. The van der Waals surface area contributed by atoms with Crippen LogP contribution in [0, 0.1) is 5.92 Å². The Morgan fingerprint density at radius 3 is 2.44 bits per heavy atom. The van der Waals surface area contributed by atoms with E-state index in [1.54, 1.807) is 6.07 Å². The van der Waals surface area contributed by atoms with Crippen molar-refractivity contribution >= 4 is 5.91 Å². The molecule has 1 aliphatic heterocycles. The molecule has 2 rings (SSSR count). The third-order valence-corrected chi connectivity index (χ3v) is 4.73. The number of carbonyl (C=O) groups excluding carboxylic acids is 1. The zero-order valence-corrected chi connectivity index (χ0v) is 15.0. The first-order valence-electron chi connectivity index (χ1n) is 8.47. The molecule has 0 radical (unpaired) electrons. The Balaban J connectivity index is 1.99. The minimum atomic E-state index is -4.37. The van der Waals surface area contributed by atoms with E-state index in [2.05, 4.69) is 30.0 Å². The summed E-state index contributed by atoms with van der Waals surface area (Å²) in [5.74, 6) is 0.266. The van der Waals surface area contributed by atoms with E-state index in [1.165, 1.54) is 6.07 Å². The van der Waals surface area contributed by atoms with Crippen molar-refractivity contribution in [3.63, 3.8) is 0 Å². The molecule has 1 heterocycles. The van der Waals surface area contributed by atoms with Crippen LogP contribution in [0.3, 0.4) is 0 Å². The lowest BCUT2D eigenvalue weighted by molar-refractivity contribution is -0.137. The van der Waals surface area contributed by atoms with Crippen molar-refractivity contribution < 1.29 is 18.0 Å². The zero-order valence-electron chi connectivity index (χ0n) is 15.0. The minimum Gasteiger partial charge on any atom is -0.354 e. The first-order chi connectivity index (χ1) is 11.5. The summed E-state index contributed by atoms with van der Waals surface area (Å²) in [5, 5.41) is 2.86. The second-order valence-electron chi connectivity index (χ2n) is 7.61. The van der Waals surface area contributed by atoms with Crippen LogP contribution in [-0.2, 0) is 16.4 Å². The van der Waals surface area contributed by atoms with Crippen LogP contribution in [0.25, 0.3) is 0 Å². The van der Waals surface area contributed by atoms with E-state index < -0.39 is 17.2 Å². The van der Waals surface area contributed by atoms with E-state index in [0.717, 1.165) is 12.1 Å². The Kier molecular flexibility index (Phi) is 5.79. The van der Waals surface area contributed by atoms with Gasteiger partial charge in [-0.3, -0.25) is 10.2 Å². The highest BCUT2D eigenvalue weighted by Gasteiger charge is 2.34. The number of alkyl halides is 3. The van der Waals surface area contributed by atoms with Crippen LogP contribution in [0.15, 0.2) is 24.3 Å². The number of nitrogens with one attached hydrogen (secondary N) is 3. The third kappa shape index (κ3) is 4.95. The van der Waals surface area contributed by atoms with Crippen LogP contribution in [0.2, 0.25) is 0 Å². The highest BCUT2D eigenvalue weighted by molar-refractivity contribution is 5.82. The standard InChI is InChI=1S/C18H26F3N3O/c1-11(2)14-9-15(24-23-14)16(25)22-10-17(3,4)12-6-5-7-13(8-12)18(19,20)21/h5-8,11,14-15,23-24H,9-10H2,1-4H3,(H,22,25). The number of rotatable bonds is 5. The quantitative estimate of drug-likeness (QED) is 0.759. The van der Waals surface area contributed by atoms with E-state index >= 15 is 0 Å². The number of amides is 1. The summed E-state index contributed by atoms with van der Waals surface area (Å²) in [7, 11) is 0. The van der Waals surface area contributed by atoms with Gasteiger partial charge in [-0.25, -0.2) is 5.43 Å². The maximum Gasteiger partial charge on any atom is 0.416 e. The fourth-order valence-corrected chi connectivity index (χ4v) is 2.84. The van der Waals surface area contributed by atoms with Crippen molar-refractivity contribution in [3.05, 3.63) is 35.4 Å². The lowest BCUT2D eigenvalue weighted by Gasteiger charge is -2.27. The van der Waals surface area contributed by atoms with Crippen LogP contribution in [0.1, 0.15) is 45.2 Å². The van der Waals surface area contributed by atoms with Gasteiger partial charge in [-0.2, -0.15) is 13.2 Å². The predicted octanol–water partition coefficient (Wildman–Crippen LogP) is 2.99. The second kappa shape index (κ2) is 7.33. The minimum absolute atomic E-state index is 0.143. The Bertz CT molecular complexity index is 614. The summed E-state index contributed by atoms with van der Waals surface area (Å²) in [6.07, 6.45) is -3.69. The van der Waals surface area contributed by atoms with Crippen LogP contribution in [-0.4, -0.2) is 24.5 Å². The van der Waals surface area contributed by atoms with E-state index in [4.69, 9.17) is 0 Å². The summed E-state index contributed by atoms with van der Waals surface area (Å²) in [5.41, 5.74) is 5.34. The number of benzene rings is 1. The Morgan fingerprint density at radius 2 is 1.88 bits per heavy atom. The molecule has 0 aliphatic carbocycles. The molecule has 7 heteroatoms. The summed E-state index contributed by atoms with van der Waals surface area (Å²) in [6, 6.07) is 5.16. The molecule has 25 heavy (non-hydrogen) atoms. The monoisotopic (exact) mass is 357 g/mol. The first kappa shape index (κ1) is 19.7. The molecule has 3 N–H and O–H groups in total. The maximum atomic E-state index is 12.9. The van der Waals surface area contributed by atoms with Crippen LogP contribution in [0.4, 0.5) is 13.2 Å². The van der Waals surface area contributed by atoms with Gasteiger partial charge in [-0.05, 0) is 24.0 Å². The van der Waals surface area contributed by atoms with Gasteiger partial charge in [-0.1, -0.05) is 45.9 Å². The van der Waals surface area contributed by atoms with E-state index in [-0.39, 0.29) is 24.5 Å². The summed E-state index contributed by atoms with van der Waals surface area (Å²) < 4.78 is 38.7. The van der Waals surface area contributed by atoms with Gasteiger partial charge in [0.25, 0.3) is 0 Å². The summed E-state index contributed by atoms with van der Waals surface area (Å²) >= 11 is 0. The fraction of sp³-hybridized carbons (Fsp3) is 0.611. The lowest BCUT2D eigenvalue weighted by atomic mass is 9.83. The van der Waals surface area contributed by atoms with Crippen LogP contribution >= 0.6 is 0 Å². The molecule has 1 aromatic rings. The molecule has 0 saturated carbocycles. The van der Waals surface area contributed by atoms with Crippen molar-refractivity contribution in [1.29, 1.82) is 0 Å². The molecule has 1 saturated heterocycles. The van der Waals surface area contributed by atoms with Gasteiger partial charge in [-0.15, -0.1) is 0 Å². The zero-order chi connectivity index (χ0) is 18.8. The molecule has 4 nitrogen and oxygen atoms in total. The number of hydrogen-bond acceptors (Lipinski definition) is 3. The highest BCUT2D eigenvalue weighted by Crippen LogP contribution is 2.32.